The first-order valence-electron chi connectivity index (χ1n) is 5.54. The lowest BCUT2D eigenvalue weighted by molar-refractivity contribution is 0.304. The van der Waals surface area contributed by atoms with Crippen molar-refractivity contribution in [1.29, 1.82) is 0 Å². The molecule has 0 radical (unpaired) electrons. The fraction of sp³-hybridized carbons (Fsp3) is 0.385. The van der Waals surface area contributed by atoms with E-state index in [0.29, 0.717) is 15.7 Å². The van der Waals surface area contributed by atoms with Crippen molar-refractivity contribution in [2.24, 2.45) is 0 Å². The van der Waals surface area contributed by atoms with Crippen LogP contribution in [0.3, 0.4) is 0 Å². The van der Waals surface area contributed by atoms with Gasteiger partial charge in [0.15, 0.2) is 0 Å². The van der Waals surface area contributed by atoms with Gasteiger partial charge in [-0.2, -0.15) is 0 Å². The second-order valence-electron chi connectivity index (χ2n) is 4.23. The first kappa shape index (κ1) is 14.4. The molecule has 0 saturated carbocycles. The molecule has 17 heavy (non-hydrogen) atoms. The van der Waals surface area contributed by atoms with Crippen LogP contribution in [0.2, 0.25) is 10.0 Å². The third kappa shape index (κ3) is 4.23. The number of halogens is 2. The number of nitrogens with zero attached hydrogens (tertiary/aromatic N) is 1. The minimum atomic E-state index is 0.444. The molecule has 0 heterocycles. The predicted octanol–water partition coefficient (Wildman–Crippen LogP) is 3.97. The number of rotatable bonds is 5. The van der Waals surface area contributed by atoms with Gasteiger partial charge in [-0.05, 0) is 31.2 Å². The Morgan fingerprint density at radius 2 is 1.88 bits per heavy atom. The average molecular weight is 273 g/mol. The maximum absolute atomic E-state index is 6.01. The molecule has 1 aromatic carbocycles. The summed E-state index contributed by atoms with van der Waals surface area (Å²) in [6.07, 6.45) is 0. The summed E-state index contributed by atoms with van der Waals surface area (Å²) in [6.45, 7) is 10.7. The normalized spacial score (nSPS) is 10.9. The van der Waals surface area contributed by atoms with E-state index in [0.717, 1.165) is 30.8 Å². The van der Waals surface area contributed by atoms with Gasteiger partial charge in [0.1, 0.15) is 0 Å². The smallest absolute Gasteiger partial charge is 0.0693 e. The Kier molecular flexibility index (Phi) is 5.31. The van der Waals surface area contributed by atoms with Gasteiger partial charge < -0.3 is 5.73 Å². The third-order valence-electron chi connectivity index (χ3n) is 2.49. The van der Waals surface area contributed by atoms with E-state index >= 15 is 0 Å². The molecular weight excluding hydrogens is 255 g/mol. The van der Waals surface area contributed by atoms with Gasteiger partial charge in [0.05, 0.1) is 15.7 Å². The van der Waals surface area contributed by atoms with Crippen LogP contribution in [0.15, 0.2) is 24.3 Å². The summed E-state index contributed by atoms with van der Waals surface area (Å²) in [5.74, 6) is 0. The fourth-order valence-corrected chi connectivity index (χ4v) is 2.18. The molecule has 2 nitrogen and oxygen atoms in total. The highest BCUT2D eigenvalue weighted by molar-refractivity contribution is 6.38. The van der Waals surface area contributed by atoms with Crippen molar-refractivity contribution in [2.75, 3.05) is 18.8 Å². The van der Waals surface area contributed by atoms with Crippen molar-refractivity contribution in [1.82, 2.24) is 4.90 Å². The maximum atomic E-state index is 6.01. The fourth-order valence-electron chi connectivity index (χ4n) is 1.65. The lowest BCUT2D eigenvalue weighted by Crippen LogP contribution is -2.24. The summed E-state index contributed by atoms with van der Waals surface area (Å²) >= 11 is 12.0. The van der Waals surface area contributed by atoms with Gasteiger partial charge in [-0.25, -0.2) is 0 Å². The van der Waals surface area contributed by atoms with Crippen LogP contribution in [0.4, 0.5) is 5.69 Å². The first-order valence-corrected chi connectivity index (χ1v) is 6.29. The molecule has 0 aromatic heterocycles. The average Bonchev–Trinajstić information content (AvgIpc) is 2.24. The molecule has 0 spiro atoms. The topological polar surface area (TPSA) is 29.3 Å². The molecular formula is C13H18Cl2N2. The number of hydrogen-bond acceptors (Lipinski definition) is 2. The Hall–Kier alpha value is -0.700. The zero-order valence-electron chi connectivity index (χ0n) is 10.3. The number of likely N-dealkylation sites (N-methyl/N-ethyl adjacent to an activating group) is 1. The molecule has 4 heteroatoms. The van der Waals surface area contributed by atoms with Gasteiger partial charge in [-0.1, -0.05) is 42.3 Å². The summed E-state index contributed by atoms with van der Waals surface area (Å²) in [7, 11) is 0. The van der Waals surface area contributed by atoms with Gasteiger partial charge >= 0.3 is 0 Å². The number of nitrogens with two attached hydrogens (primary N) is 1. The SMILES string of the molecule is C=C(C)CN(CC)Cc1cc(Cl)c(N)c(Cl)c1. The summed E-state index contributed by atoms with van der Waals surface area (Å²) in [4.78, 5) is 2.26. The van der Waals surface area contributed by atoms with Gasteiger partial charge in [-0.3, -0.25) is 4.90 Å². The van der Waals surface area contributed by atoms with Crippen molar-refractivity contribution in [3.63, 3.8) is 0 Å². The summed E-state index contributed by atoms with van der Waals surface area (Å²) in [5.41, 5.74) is 8.35. The predicted molar refractivity (Wildman–Crippen MR) is 76.6 cm³/mol. The molecule has 1 aromatic rings. The zero-order chi connectivity index (χ0) is 13.0. The van der Waals surface area contributed by atoms with Crippen LogP contribution >= 0.6 is 23.2 Å². The number of benzene rings is 1. The molecule has 0 unspecified atom stereocenters. The van der Waals surface area contributed by atoms with Crippen LogP contribution in [0, 0.1) is 0 Å². The van der Waals surface area contributed by atoms with Gasteiger partial charge in [0.2, 0.25) is 0 Å². The van der Waals surface area contributed by atoms with E-state index in [9.17, 15) is 0 Å². The quantitative estimate of drug-likeness (QED) is 0.649. The standard InChI is InChI=1S/C13H18Cl2N2/c1-4-17(7-9(2)3)8-10-5-11(14)13(16)12(15)6-10/h5-6H,2,4,7-8,16H2,1,3H3. The lowest BCUT2D eigenvalue weighted by atomic mass is 10.2. The van der Waals surface area contributed by atoms with Crippen molar-refractivity contribution < 1.29 is 0 Å². The molecule has 94 valence electrons. The molecule has 0 atom stereocenters. The Labute approximate surface area is 113 Å². The summed E-state index contributed by atoms with van der Waals surface area (Å²) in [5, 5.41) is 1.03. The molecule has 0 aliphatic rings. The Bertz CT molecular complexity index is 393. The molecule has 0 amide bonds. The van der Waals surface area contributed by atoms with Crippen LogP contribution in [0.1, 0.15) is 19.4 Å². The Balaban J connectivity index is 2.83. The zero-order valence-corrected chi connectivity index (χ0v) is 11.8. The van der Waals surface area contributed by atoms with Crippen LogP contribution in [0.25, 0.3) is 0 Å². The van der Waals surface area contributed by atoms with Crippen molar-refractivity contribution in [2.45, 2.75) is 20.4 Å². The van der Waals surface area contributed by atoms with Crippen LogP contribution in [-0.4, -0.2) is 18.0 Å². The van der Waals surface area contributed by atoms with Crippen molar-refractivity contribution in [3.8, 4) is 0 Å². The molecule has 2 N–H and O–H groups in total. The number of anilines is 1. The van der Waals surface area contributed by atoms with Crippen molar-refractivity contribution in [3.05, 3.63) is 39.9 Å². The monoisotopic (exact) mass is 272 g/mol. The molecule has 0 aliphatic carbocycles. The first-order chi connectivity index (χ1) is 7.93. The van der Waals surface area contributed by atoms with Gasteiger partial charge in [0.25, 0.3) is 0 Å². The molecule has 0 fully saturated rings. The highest BCUT2D eigenvalue weighted by Crippen LogP contribution is 2.29. The lowest BCUT2D eigenvalue weighted by Gasteiger charge is -2.21. The van der Waals surface area contributed by atoms with E-state index in [1.807, 2.05) is 19.1 Å². The van der Waals surface area contributed by atoms with E-state index < -0.39 is 0 Å². The maximum Gasteiger partial charge on any atom is 0.0693 e. The van der Waals surface area contributed by atoms with E-state index in [1.165, 1.54) is 0 Å². The Morgan fingerprint density at radius 3 is 2.29 bits per heavy atom. The second-order valence-corrected chi connectivity index (χ2v) is 5.05. The van der Waals surface area contributed by atoms with Gasteiger partial charge in [-0.15, -0.1) is 0 Å². The highest BCUT2D eigenvalue weighted by Gasteiger charge is 2.08. The molecule has 0 bridgehead atoms. The number of hydrogen-bond donors (Lipinski definition) is 1. The third-order valence-corrected chi connectivity index (χ3v) is 3.11. The van der Waals surface area contributed by atoms with Crippen LogP contribution in [-0.2, 0) is 6.54 Å². The minimum Gasteiger partial charge on any atom is -0.396 e. The second kappa shape index (κ2) is 6.29. The van der Waals surface area contributed by atoms with E-state index in [-0.39, 0.29) is 0 Å². The van der Waals surface area contributed by atoms with Crippen molar-refractivity contribution >= 4 is 28.9 Å². The minimum absolute atomic E-state index is 0.444. The van der Waals surface area contributed by atoms with E-state index in [4.69, 9.17) is 28.9 Å². The van der Waals surface area contributed by atoms with Gasteiger partial charge in [0, 0.05) is 13.1 Å². The highest BCUT2D eigenvalue weighted by atomic mass is 35.5. The molecule has 0 aliphatic heterocycles. The Morgan fingerprint density at radius 1 is 1.35 bits per heavy atom. The van der Waals surface area contributed by atoms with Crippen LogP contribution < -0.4 is 5.73 Å². The summed E-state index contributed by atoms with van der Waals surface area (Å²) in [6, 6.07) is 3.73. The molecule has 0 saturated heterocycles. The summed E-state index contributed by atoms with van der Waals surface area (Å²) < 4.78 is 0. The largest absolute Gasteiger partial charge is 0.396 e. The number of nitrogen functional groups attached to an aromatic ring is 1. The van der Waals surface area contributed by atoms with E-state index in [2.05, 4.69) is 18.4 Å². The van der Waals surface area contributed by atoms with E-state index in [1.54, 1.807) is 0 Å². The van der Waals surface area contributed by atoms with Crippen LogP contribution in [0.5, 0.6) is 0 Å². The molecule has 1 rings (SSSR count).